The zero-order valence-corrected chi connectivity index (χ0v) is 18.6. The van der Waals surface area contributed by atoms with E-state index in [2.05, 4.69) is 26.2 Å². The van der Waals surface area contributed by atoms with E-state index in [9.17, 15) is 13.2 Å². The number of benzene rings is 1. The lowest BCUT2D eigenvalue weighted by molar-refractivity contribution is -0.115. The molecule has 27 heavy (non-hydrogen) atoms. The maximum atomic E-state index is 12.5. The maximum Gasteiger partial charge on any atom is 0.244 e. The van der Waals surface area contributed by atoms with Gasteiger partial charge < -0.3 is 5.32 Å². The van der Waals surface area contributed by atoms with Crippen LogP contribution in [0.3, 0.4) is 0 Å². The molecule has 0 aliphatic heterocycles. The second-order valence-electron chi connectivity index (χ2n) is 5.68. The lowest BCUT2D eigenvalue weighted by Crippen LogP contribution is -2.30. The summed E-state index contributed by atoms with van der Waals surface area (Å²) in [6.07, 6.45) is 1.34. The summed E-state index contributed by atoms with van der Waals surface area (Å²) in [7, 11) is -3.53. The number of pyridine rings is 1. The molecule has 0 spiro atoms. The number of amides is 1. The van der Waals surface area contributed by atoms with Gasteiger partial charge in [-0.25, -0.2) is 13.4 Å². The van der Waals surface area contributed by atoms with E-state index in [0.717, 1.165) is 4.47 Å². The molecule has 1 amide bonds. The summed E-state index contributed by atoms with van der Waals surface area (Å²) in [6, 6.07) is 10.5. The molecular formula is C18H22BrN3O3S2. The van der Waals surface area contributed by atoms with E-state index >= 15 is 0 Å². The summed E-state index contributed by atoms with van der Waals surface area (Å²) < 4.78 is 27.3. The number of hydrogen-bond donors (Lipinski definition) is 1. The number of thioether (sulfide) groups is 1. The molecule has 0 bridgehead atoms. The number of carbonyl (C=O) groups excluding carboxylic acids is 1. The van der Waals surface area contributed by atoms with Gasteiger partial charge in [-0.1, -0.05) is 41.5 Å². The smallest absolute Gasteiger partial charge is 0.244 e. The van der Waals surface area contributed by atoms with Gasteiger partial charge >= 0.3 is 0 Å². The number of nitrogens with one attached hydrogen (secondary N) is 1. The Labute approximate surface area is 172 Å². The zero-order chi connectivity index (χ0) is 20.0. The summed E-state index contributed by atoms with van der Waals surface area (Å²) in [6.45, 7) is 6.18. The highest BCUT2D eigenvalue weighted by molar-refractivity contribution is 9.10. The van der Waals surface area contributed by atoms with Crippen molar-refractivity contribution in [1.82, 2.24) is 9.29 Å². The van der Waals surface area contributed by atoms with Crippen molar-refractivity contribution in [3.05, 3.63) is 47.1 Å². The van der Waals surface area contributed by atoms with Crippen LogP contribution in [0.1, 0.15) is 20.8 Å². The van der Waals surface area contributed by atoms with Gasteiger partial charge in [-0.05, 0) is 43.3 Å². The lowest BCUT2D eigenvalue weighted by Gasteiger charge is -2.18. The molecule has 2 aromatic rings. The minimum atomic E-state index is -3.53. The van der Waals surface area contributed by atoms with Crippen LogP contribution in [0.25, 0.3) is 0 Å². The topological polar surface area (TPSA) is 79.4 Å². The summed E-state index contributed by atoms with van der Waals surface area (Å²) in [5.41, 5.74) is 0.712. The minimum absolute atomic E-state index is 0.149. The molecule has 0 aliphatic rings. The van der Waals surface area contributed by atoms with E-state index in [-0.39, 0.29) is 16.1 Å². The quantitative estimate of drug-likeness (QED) is 0.588. The summed E-state index contributed by atoms with van der Waals surface area (Å²) in [4.78, 5) is 16.7. The summed E-state index contributed by atoms with van der Waals surface area (Å²) in [5, 5.41) is 3.05. The van der Waals surface area contributed by atoms with Crippen molar-refractivity contribution in [2.24, 2.45) is 0 Å². The van der Waals surface area contributed by atoms with Crippen molar-refractivity contribution >= 4 is 49.3 Å². The van der Waals surface area contributed by atoms with Crippen LogP contribution in [0.4, 0.5) is 5.69 Å². The molecule has 6 nitrogen and oxygen atoms in total. The van der Waals surface area contributed by atoms with Crippen LogP contribution in [0, 0.1) is 0 Å². The van der Waals surface area contributed by atoms with Crippen molar-refractivity contribution < 1.29 is 13.2 Å². The van der Waals surface area contributed by atoms with Gasteiger partial charge in [0.2, 0.25) is 15.9 Å². The highest BCUT2D eigenvalue weighted by atomic mass is 79.9. The first-order valence-electron chi connectivity index (χ1n) is 8.47. The third kappa shape index (κ3) is 5.78. The first-order valence-corrected chi connectivity index (χ1v) is 11.6. The van der Waals surface area contributed by atoms with Crippen LogP contribution in [0.15, 0.2) is 57.0 Å². The van der Waals surface area contributed by atoms with E-state index in [1.807, 2.05) is 24.3 Å². The second-order valence-corrected chi connectivity index (χ2v) is 9.89. The summed E-state index contributed by atoms with van der Waals surface area (Å²) >= 11 is 4.62. The fourth-order valence-electron chi connectivity index (χ4n) is 2.31. The molecule has 0 saturated carbocycles. The second kappa shape index (κ2) is 9.68. The molecule has 1 aromatic carbocycles. The van der Waals surface area contributed by atoms with Crippen LogP contribution >= 0.6 is 27.7 Å². The van der Waals surface area contributed by atoms with Gasteiger partial charge in [0.1, 0.15) is 4.90 Å². The molecule has 0 fully saturated rings. The Kier molecular flexibility index (Phi) is 7.84. The standard InChI is InChI=1S/C18H22BrN3O3S2/c1-4-22(5-2)27(24,25)16-10-11-17(20-12-16)26-13(3)18(23)21-15-8-6-14(19)7-9-15/h6-13H,4-5H2,1-3H3,(H,21,23)/t13-/m1/s1. The number of sulfonamides is 1. The van der Waals surface area contributed by atoms with Gasteiger partial charge in [-0.2, -0.15) is 4.31 Å². The Bertz CT molecular complexity index is 868. The van der Waals surface area contributed by atoms with Crippen molar-refractivity contribution in [3.63, 3.8) is 0 Å². The Morgan fingerprint density at radius 3 is 2.33 bits per heavy atom. The zero-order valence-electron chi connectivity index (χ0n) is 15.3. The normalized spacial score (nSPS) is 12.8. The van der Waals surface area contributed by atoms with Crippen LogP contribution in [-0.2, 0) is 14.8 Å². The largest absolute Gasteiger partial charge is 0.325 e. The van der Waals surface area contributed by atoms with Crippen molar-refractivity contribution in [2.75, 3.05) is 18.4 Å². The number of rotatable bonds is 8. The molecule has 0 saturated heterocycles. The van der Waals surface area contributed by atoms with E-state index in [1.54, 1.807) is 26.8 Å². The van der Waals surface area contributed by atoms with Crippen molar-refractivity contribution in [2.45, 2.75) is 35.9 Å². The van der Waals surface area contributed by atoms with Crippen molar-refractivity contribution in [1.29, 1.82) is 0 Å². The van der Waals surface area contributed by atoms with Crippen LogP contribution in [0.2, 0.25) is 0 Å². The van der Waals surface area contributed by atoms with Crippen molar-refractivity contribution in [3.8, 4) is 0 Å². The predicted molar refractivity (Wildman–Crippen MR) is 112 cm³/mol. The third-order valence-electron chi connectivity index (χ3n) is 3.83. The molecule has 146 valence electrons. The lowest BCUT2D eigenvalue weighted by atomic mass is 10.3. The number of aromatic nitrogens is 1. The first-order chi connectivity index (χ1) is 12.8. The van der Waals surface area contributed by atoms with E-state index in [0.29, 0.717) is 23.8 Å². The average molecular weight is 472 g/mol. The molecular weight excluding hydrogens is 450 g/mol. The number of anilines is 1. The van der Waals surface area contributed by atoms with Gasteiger partial charge in [0, 0.05) is 29.4 Å². The van der Waals surface area contributed by atoms with E-state index in [1.165, 1.54) is 28.3 Å². The summed E-state index contributed by atoms with van der Waals surface area (Å²) in [5.74, 6) is -0.149. The molecule has 1 heterocycles. The molecule has 2 rings (SSSR count). The molecule has 0 aliphatic carbocycles. The Balaban J connectivity index is 2.03. The SMILES string of the molecule is CCN(CC)S(=O)(=O)c1ccc(S[C@H](C)C(=O)Nc2ccc(Br)cc2)nc1. The third-order valence-corrected chi connectivity index (χ3v) is 7.44. The fourth-order valence-corrected chi connectivity index (χ4v) is 4.77. The predicted octanol–water partition coefficient (Wildman–Crippen LogP) is 3.99. The number of hydrogen-bond acceptors (Lipinski definition) is 5. The highest BCUT2D eigenvalue weighted by Gasteiger charge is 2.22. The minimum Gasteiger partial charge on any atom is -0.325 e. The first kappa shape index (κ1) is 21.9. The van der Waals surface area contributed by atoms with E-state index in [4.69, 9.17) is 0 Å². The van der Waals surface area contributed by atoms with Gasteiger partial charge in [-0.3, -0.25) is 4.79 Å². The van der Waals surface area contributed by atoms with Gasteiger partial charge in [0.05, 0.1) is 10.3 Å². The van der Waals surface area contributed by atoms with E-state index < -0.39 is 10.0 Å². The molecule has 1 aromatic heterocycles. The maximum absolute atomic E-state index is 12.5. The highest BCUT2D eigenvalue weighted by Crippen LogP contribution is 2.24. The molecule has 1 atom stereocenters. The Hall–Kier alpha value is -1.42. The molecule has 0 unspecified atom stereocenters. The van der Waals surface area contributed by atoms with Crippen LogP contribution in [0.5, 0.6) is 0 Å². The Morgan fingerprint density at radius 1 is 1.19 bits per heavy atom. The van der Waals surface area contributed by atoms with Gasteiger partial charge in [0.15, 0.2) is 0 Å². The Morgan fingerprint density at radius 2 is 1.81 bits per heavy atom. The monoisotopic (exact) mass is 471 g/mol. The molecule has 9 heteroatoms. The number of carbonyl (C=O) groups is 1. The number of halogens is 1. The number of nitrogens with zero attached hydrogens (tertiary/aromatic N) is 2. The molecule has 0 radical (unpaired) electrons. The van der Waals surface area contributed by atoms with Crippen LogP contribution in [-0.4, -0.2) is 42.0 Å². The van der Waals surface area contributed by atoms with Crippen LogP contribution < -0.4 is 5.32 Å². The average Bonchev–Trinajstić information content (AvgIpc) is 2.64. The fraction of sp³-hybridized carbons (Fsp3) is 0.333. The van der Waals surface area contributed by atoms with Gasteiger partial charge in [0.25, 0.3) is 0 Å². The van der Waals surface area contributed by atoms with Gasteiger partial charge in [-0.15, -0.1) is 0 Å². The molecule has 1 N–H and O–H groups in total.